The molecule has 158 valence electrons. The lowest BCUT2D eigenvalue weighted by molar-refractivity contribution is -0.139. The summed E-state index contributed by atoms with van der Waals surface area (Å²) in [7, 11) is 0. The minimum Gasteiger partial charge on any atom is -0.480 e. The van der Waals surface area contributed by atoms with Crippen molar-refractivity contribution in [3.63, 3.8) is 0 Å². The van der Waals surface area contributed by atoms with Gasteiger partial charge in [0.25, 0.3) is 0 Å². The van der Waals surface area contributed by atoms with Crippen LogP contribution < -0.4 is 5.32 Å². The van der Waals surface area contributed by atoms with Crippen LogP contribution >= 0.6 is 23.1 Å². The van der Waals surface area contributed by atoms with Crippen molar-refractivity contribution in [3.05, 3.63) is 53.3 Å². The second-order valence-corrected chi connectivity index (χ2v) is 9.48. The van der Waals surface area contributed by atoms with Crippen LogP contribution in [0.5, 0.6) is 0 Å². The van der Waals surface area contributed by atoms with E-state index in [-0.39, 0.29) is 0 Å². The van der Waals surface area contributed by atoms with Gasteiger partial charge in [-0.15, -0.1) is 11.3 Å². The number of rotatable bonds is 7. The largest absolute Gasteiger partial charge is 0.480 e. The number of anilines is 1. The smallest absolute Gasteiger partial charge is 0.416 e. The van der Waals surface area contributed by atoms with E-state index >= 15 is 0 Å². The van der Waals surface area contributed by atoms with E-state index in [0.717, 1.165) is 12.1 Å². The predicted octanol–water partition coefficient (Wildman–Crippen LogP) is 5.19. The lowest BCUT2D eigenvalue weighted by Crippen LogP contribution is -2.26. The molecule has 0 spiro atoms. The van der Waals surface area contributed by atoms with E-state index in [1.807, 2.05) is 5.38 Å². The average molecular weight is 454 g/mol. The van der Waals surface area contributed by atoms with Crippen molar-refractivity contribution >= 4 is 35.0 Å². The molecule has 0 atom stereocenters. The molecule has 2 heterocycles. The Labute approximate surface area is 178 Å². The molecular weight excluding hydrogens is 437 g/mol. The van der Waals surface area contributed by atoms with Gasteiger partial charge >= 0.3 is 12.1 Å². The summed E-state index contributed by atoms with van der Waals surface area (Å²) < 4.78 is 38.3. The fourth-order valence-corrected chi connectivity index (χ4v) is 4.48. The third-order valence-corrected chi connectivity index (χ3v) is 6.16. The lowest BCUT2D eigenvalue weighted by Gasteiger charge is -2.15. The molecular formula is C19H17F3N4O2S2. The maximum absolute atomic E-state index is 12.9. The van der Waals surface area contributed by atoms with Crippen LogP contribution in [0.4, 0.5) is 19.1 Å². The summed E-state index contributed by atoms with van der Waals surface area (Å²) in [6, 6.07) is 4.97. The number of benzene rings is 1. The quantitative estimate of drug-likeness (QED) is 0.475. The fraction of sp³-hybridized carbons (Fsp3) is 0.263. The lowest BCUT2D eigenvalue weighted by atomic mass is 10.1. The number of thioether (sulfide) groups is 1. The molecule has 2 N–H and O–H groups in total. The van der Waals surface area contributed by atoms with Gasteiger partial charge in [-0.3, -0.25) is 4.79 Å². The van der Waals surface area contributed by atoms with Gasteiger partial charge in [0.1, 0.15) is 4.75 Å². The summed E-state index contributed by atoms with van der Waals surface area (Å²) in [5.41, 5.74) is 0.813. The highest BCUT2D eigenvalue weighted by molar-refractivity contribution is 8.02. The molecule has 2 aromatic heterocycles. The van der Waals surface area contributed by atoms with E-state index in [0.29, 0.717) is 33.7 Å². The molecule has 0 amide bonds. The molecule has 3 aromatic rings. The average Bonchev–Trinajstić information content (AvgIpc) is 3.13. The molecule has 0 saturated carbocycles. The van der Waals surface area contributed by atoms with Crippen molar-refractivity contribution in [2.45, 2.75) is 35.7 Å². The van der Waals surface area contributed by atoms with Crippen molar-refractivity contribution in [1.29, 1.82) is 0 Å². The molecule has 11 heteroatoms. The summed E-state index contributed by atoms with van der Waals surface area (Å²) >= 11 is 2.52. The van der Waals surface area contributed by atoms with Crippen molar-refractivity contribution in [1.82, 2.24) is 15.0 Å². The zero-order valence-corrected chi connectivity index (χ0v) is 17.5. The first-order valence-corrected chi connectivity index (χ1v) is 10.3. The second kappa shape index (κ2) is 8.60. The predicted molar refractivity (Wildman–Crippen MR) is 109 cm³/mol. The van der Waals surface area contributed by atoms with Gasteiger partial charge in [-0.1, -0.05) is 23.9 Å². The van der Waals surface area contributed by atoms with Crippen molar-refractivity contribution in [3.8, 4) is 11.1 Å². The highest BCUT2D eigenvalue weighted by atomic mass is 32.2. The first-order valence-electron chi connectivity index (χ1n) is 8.65. The third kappa shape index (κ3) is 5.48. The second-order valence-electron chi connectivity index (χ2n) is 6.75. The van der Waals surface area contributed by atoms with Crippen LogP contribution in [0.2, 0.25) is 0 Å². The van der Waals surface area contributed by atoms with E-state index in [1.165, 1.54) is 41.6 Å². The standard InChI is InChI=1S/C19H17F3N4O2S2/c1-18(2,15(27)28)30-17-26-14(10-29-17)9-25-16-23-7-12(8-24-16)11-4-3-5-13(6-11)19(20,21)22/h3-8,10H,9H2,1-2H3,(H,27,28)(H,23,24,25). The SMILES string of the molecule is CC(C)(Sc1nc(CNc2ncc(-c3cccc(C(F)(F)F)c3)cn2)cs1)C(=O)O. The molecule has 0 radical (unpaired) electrons. The molecule has 1 aromatic carbocycles. The minimum atomic E-state index is -4.41. The Morgan fingerprint density at radius 3 is 2.53 bits per heavy atom. The van der Waals surface area contributed by atoms with Crippen LogP contribution in [0.25, 0.3) is 11.1 Å². The highest BCUT2D eigenvalue weighted by Crippen LogP contribution is 2.35. The van der Waals surface area contributed by atoms with Crippen LogP contribution in [0.15, 0.2) is 46.4 Å². The maximum Gasteiger partial charge on any atom is 0.416 e. The van der Waals surface area contributed by atoms with Crippen molar-refractivity contribution in [2.75, 3.05) is 5.32 Å². The Bertz CT molecular complexity index is 1040. The molecule has 3 rings (SSSR count). The topological polar surface area (TPSA) is 88.0 Å². The fourth-order valence-electron chi connectivity index (χ4n) is 2.29. The zero-order chi connectivity index (χ0) is 21.9. The monoisotopic (exact) mass is 454 g/mol. The first-order chi connectivity index (χ1) is 14.0. The van der Waals surface area contributed by atoms with Crippen LogP contribution in [-0.2, 0) is 17.5 Å². The Kier molecular flexibility index (Phi) is 6.32. The van der Waals surface area contributed by atoms with Crippen LogP contribution in [0.1, 0.15) is 25.1 Å². The van der Waals surface area contributed by atoms with Gasteiger partial charge in [0.15, 0.2) is 4.34 Å². The summed E-state index contributed by atoms with van der Waals surface area (Å²) in [6.45, 7) is 3.55. The third-order valence-electron chi connectivity index (χ3n) is 3.99. The molecule has 0 unspecified atom stereocenters. The Morgan fingerprint density at radius 2 is 1.90 bits per heavy atom. The number of thiazole rings is 1. The number of carboxylic acid groups (broad SMARTS) is 1. The number of hydrogen-bond donors (Lipinski definition) is 2. The Morgan fingerprint density at radius 1 is 1.20 bits per heavy atom. The van der Waals surface area contributed by atoms with E-state index in [2.05, 4.69) is 20.3 Å². The number of aromatic nitrogens is 3. The summed E-state index contributed by atoms with van der Waals surface area (Å²) in [4.78, 5) is 23.9. The highest BCUT2D eigenvalue weighted by Gasteiger charge is 2.31. The number of hydrogen-bond acceptors (Lipinski definition) is 7. The molecule has 0 bridgehead atoms. The summed E-state index contributed by atoms with van der Waals surface area (Å²) in [6.07, 6.45) is -1.52. The molecule has 0 saturated heterocycles. The number of nitrogens with one attached hydrogen (secondary N) is 1. The van der Waals surface area contributed by atoms with Gasteiger partial charge in [-0.05, 0) is 31.5 Å². The number of carboxylic acids is 1. The van der Waals surface area contributed by atoms with Gasteiger partial charge in [0.2, 0.25) is 5.95 Å². The van der Waals surface area contributed by atoms with Gasteiger partial charge in [-0.2, -0.15) is 13.2 Å². The minimum absolute atomic E-state index is 0.304. The molecule has 0 fully saturated rings. The maximum atomic E-state index is 12.9. The number of nitrogens with zero attached hydrogens (tertiary/aromatic N) is 3. The summed E-state index contributed by atoms with van der Waals surface area (Å²) in [5.74, 6) is -0.615. The molecule has 30 heavy (non-hydrogen) atoms. The van der Waals surface area contributed by atoms with Crippen LogP contribution in [0, 0.1) is 0 Å². The van der Waals surface area contributed by atoms with E-state index in [9.17, 15) is 23.1 Å². The number of halogens is 3. The number of aliphatic carboxylic acids is 1. The van der Waals surface area contributed by atoms with Crippen molar-refractivity contribution < 1.29 is 23.1 Å². The first kappa shape index (κ1) is 22.0. The molecule has 0 aliphatic rings. The van der Waals surface area contributed by atoms with Gasteiger partial charge in [-0.25, -0.2) is 15.0 Å². The molecule has 0 aliphatic heterocycles. The normalized spacial score (nSPS) is 12.0. The van der Waals surface area contributed by atoms with E-state index < -0.39 is 22.5 Å². The van der Waals surface area contributed by atoms with Gasteiger partial charge < -0.3 is 10.4 Å². The molecule has 0 aliphatic carbocycles. The number of alkyl halides is 3. The van der Waals surface area contributed by atoms with Crippen LogP contribution in [-0.4, -0.2) is 30.8 Å². The molecule has 6 nitrogen and oxygen atoms in total. The van der Waals surface area contributed by atoms with E-state index in [1.54, 1.807) is 19.9 Å². The number of carbonyl (C=O) groups is 1. The van der Waals surface area contributed by atoms with Gasteiger partial charge in [0, 0.05) is 23.3 Å². The van der Waals surface area contributed by atoms with Crippen molar-refractivity contribution in [2.24, 2.45) is 0 Å². The van der Waals surface area contributed by atoms with E-state index in [4.69, 9.17) is 0 Å². The Hall–Kier alpha value is -2.66. The van der Waals surface area contributed by atoms with Crippen LogP contribution in [0.3, 0.4) is 0 Å². The Balaban J connectivity index is 1.63. The van der Waals surface area contributed by atoms with Gasteiger partial charge in [0.05, 0.1) is 17.8 Å². The zero-order valence-electron chi connectivity index (χ0n) is 15.9. The summed E-state index contributed by atoms with van der Waals surface area (Å²) in [5, 5.41) is 14.0.